The topological polar surface area (TPSA) is 59.1 Å². The number of piperazine rings is 1. The van der Waals surface area contributed by atoms with E-state index in [0.29, 0.717) is 29.5 Å². The molecule has 25 heavy (non-hydrogen) atoms. The molecular formula is C19H24N2O4. The summed E-state index contributed by atoms with van der Waals surface area (Å²) in [7, 11) is 0. The molecule has 4 rings (SSSR count). The van der Waals surface area contributed by atoms with E-state index in [2.05, 4.69) is 4.90 Å². The fraction of sp³-hybridized carbons (Fsp3) is 0.579. The minimum atomic E-state index is 0.0777. The molecule has 0 radical (unpaired) electrons. The number of hydrogen-bond donors (Lipinski definition) is 0. The van der Waals surface area contributed by atoms with E-state index in [1.807, 2.05) is 4.90 Å². The first-order chi connectivity index (χ1) is 12.2. The molecule has 0 bridgehead atoms. The molecule has 0 unspecified atom stereocenters. The van der Waals surface area contributed by atoms with Gasteiger partial charge in [0.05, 0.1) is 6.54 Å². The van der Waals surface area contributed by atoms with Crippen molar-refractivity contribution in [3.63, 3.8) is 0 Å². The molecule has 1 aromatic rings. The monoisotopic (exact) mass is 344 g/mol. The van der Waals surface area contributed by atoms with Crippen molar-refractivity contribution in [1.29, 1.82) is 0 Å². The smallest absolute Gasteiger partial charge is 0.231 e. The highest BCUT2D eigenvalue weighted by Crippen LogP contribution is 2.32. The first kappa shape index (κ1) is 16.4. The molecule has 0 atom stereocenters. The number of Topliss-reactive ketones (excluding diaryl/α,β-unsaturated/α-hetero) is 1. The van der Waals surface area contributed by atoms with Crippen molar-refractivity contribution in [1.82, 2.24) is 9.80 Å². The summed E-state index contributed by atoms with van der Waals surface area (Å²) in [5.74, 6) is 1.96. The average Bonchev–Trinajstić information content (AvgIpc) is 3.32. The lowest BCUT2D eigenvalue weighted by Crippen LogP contribution is -2.51. The van der Waals surface area contributed by atoms with Crippen LogP contribution in [0.4, 0.5) is 0 Å². The maximum absolute atomic E-state index is 12.5. The van der Waals surface area contributed by atoms with Gasteiger partial charge in [-0.2, -0.15) is 0 Å². The van der Waals surface area contributed by atoms with E-state index in [1.54, 1.807) is 18.2 Å². The van der Waals surface area contributed by atoms with E-state index in [4.69, 9.17) is 9.47 Å². The van der Waals surface area contributed by atoms with Crippen LogP contribution in [-0.2, 0) is 4.79 Å². The molecule has 1 aliphatic carbocycles. The molecule has 1 saturated heterocycles. The lowest BCUT2D eigenvalue weighted by molar-refractivity contribution is -0.137. The Balaban J connectivity index is 1.29. The Bertz CT molecular complexity index is 661. The normalized spacial score (nSPS) is 20.9. The Hall–Kier alpha value is -2.08. The third-order valence-electron chi connectivity index (χ3n) is 5.45. The van der Waals surface area contributed by atoms with Gasteiger partial charge < -0.3 is 14.4 Å². The van der Waals surface area contributed by atoms with Crippen molar-refractivity contribution in [2.45, 2.75) is 25.7 Å². The van der Waals surface area contributed by atoms with Gasteiger partial charge in [-0.05, 0) is 31.0 Å². The maximum atomic E-state index is 12.5. The summed E-state index contributed by atoms with van der Waals surface area (Å²) in [6.07, 6.45) is 4.45. The number of hydrogen-bond acceptors (Lipinski definition) is 5. The highest BCUT2D eigenvalue weighted by molar-refractivity contribution is 5.98. The number of carbonyl (C=O) groups is 2. The molecule has 1 saturated carbocycles. The zero-order valence-corrected chi connectivity index (χ0v) is 14.4. The molecule has 3 aliphatic rings. The van der Waals surface area contributed by atoms with Gasteiger partial charge in [-0.25, -0.2) is 0 Å². The number of ketones is 1. The van der Waals surface area contributed by atoms with Crippen LogP contribution < -0.4 is 9.47 Å². The quantitative estimate of drug-likeness (QED) is 0.781. The third kappa shape index (κ3) is 3.49. The van der Waals surface area contributed by atoms with Crippen LogP contribution >= 0.6 is 0 Å². The number of nitrogens with zero attached hydrogens (tertiary/aromatic N) is 2. The van der Waals surface area contributed by atoms with Crippen molar-refractivity contribution in [3.8, 4) is 11.5 Å². The molecule has 6 nitrogen and oxygen atoms in total. The number of benzene rings is 1. The third-order valence-corrected chi connectivity index (χ3v) is 5.45. The van der Waals surface area contributed by atoms with Gasteiger partial charge in [0, 0.05) is 37.7 Å². The van der Waals surface area contributed by atoms with Gasteiger partial charge in [-0.1, -0.05) is 12.8 Å². The Labute approximate surface area is 147 Å². The van der Waals surface area contributed by atoms with Gasteiger partial charge in [0.2, 0.25) is 12.7 Å². The highest BCUT2D eigenvalue weighted by Gasteiger charge is 2.30. The van der Waals surface area contributed by atoms with Gasteiger partial charge in [0.15, 0.2) is 17.3 Å². The fourth-order valence-electron chi connectivity index (χ4n) is 3.92. The van der Waals surface area contributed by atoms with Gasteiger partial charge >= 0.3 is 0 Å². The molecule has 0 N–H and O–H groups in total. The summed E-state index contributed by atoms with van der Waals surface area (Å²) in [6.45, 7) is 3.56. The second-order valence-corrected chi connectivity index (χ2v) is 7.07. The summed E-state index contributed by atoms with van der Waals surface area (Å²) in [6, 6.07) is 5.33. The van der Waals surface area contributed by atoms with Crippen molar-refractivity contribution >= 4 is 11.7 Å². The summed E-state index contributed by atoms with van der Waals surface area (Å²) < 4.78 is 10.6. The minimum Gasteiger partial charge on any atom is -0.454 e. The van der Waals surface area contributed by atoms with Crippen LogP contribution in [0.3, 0.4) is 0 Å². The van der Waals surface area contributed by atoms with Crippen molar-refractivity contribution in [2.24, 2.45) is 5.92 Å². The SMILES string of the molecule is O=C(CN1CCN(C(=O)C2CCCC2)CC1)c1ccc2c(c1)OCO2. The lowest BCUT2D eigenvalue weighted by atomic mass is 10.1. The average molecular weight is 344 g/mol. The summed E-state index contributed by atoms with van der Waals surface area (Å²) >= 11 is 0. The van der Waals surface area contributed by atoms with Crippen LogP contribution in [0.5, 0.6) is 11.5 Å². The molecule has 2 heterocycles. The first-order valence-corrected chi connectivity index (χ1v) is 9.15. The first-order valence-electron chi connectivity index (χ1n) is 9.15. The predicted molar refractivity (Wildman–Crippen MR) is 91.9 cm³/mol. The Kier molecular flexibility index (Phi) is 4.61. The maximum Gasteiger partial charge on any atom is 0.231 e. The summed E-state index contributed by atoms with van der Waals surface area (Å²) in [4.78, 5) is 29.1. The molecule has 1 aromatic carbocycles. The molecule has 134 valence electrons. The van der Waals surface area contributed by atoms with E-state index in [9.17, 15) is 9.59 Å². The number of amides is 1. The number of ether oxygens (including phenoxy) is 2. The molecule has 0 aromatic heterocycles. The van der Waals surface area contributed by atoms with Crippen LogP contribution in [0.25, 0.3) is 0 Å². The second-order valence-electron chi connectivity index (χ2n) is 7.07. The Morgan fingerprint density at radius 2 is 1.72 bits per heavy atom. The van der Waals surface area contributed by atoms with Crippen LogP contribution in [0.1, 0.15) is 36.0 Å². The van der Waals surface area contributed by atoms with E-state index in [1.165, 1.54) is 12.8 Å². The van der Waals surface area contributed by atoms with Crippen molar-refractivity contribution in [3.05, 3.63) is 23.8 Å². The zero-order valence-electron chi connectivity index (χ0n) is 14.4. The standard InChI is InChI=1S/C19H24N2O4/c22-16(15-5-6-17-18(11-15)25-13-24-17)12-20-7-9-21(10-8-20)19(23)14-3-1-2-4-14/h5-6,11,14H,1-4,7-10,12-13H2. The highest BCUT2D eigenvalue weighted by atomic mass is 16.7. The summed E-state index contributed by atoms with van der Waals surface area (Å²) in [5, 5.41) is 0. The van der Waals surface area contributed by atoms with E-state index < -0.39 is 0 Å². The lowest BCUT2D eigenvalue weighted by Gasteiger charge is -2.35. The molecule has 0 spiro atoms. The van der Waals surface area contributed by atoms with E-state index in [0.717, 1.165) is 39.0 Å². The largest absolute Gasteiger partial charge is 0.454 e. The van der Waals surface area contributed by atoms with Gasteiger partial charge in [0.1, 0.15) is 0 Å². The predicted octanol–water partition coefficient (Wildman–Crippen LogP) is 1.93. The molecular weight excluding hydrogens is 320 g/mol. The van der Waals surface area contributed by atoms with Crippen LogP contribution in [0.15, 0.2) is 18.2 Å². The molecule has 6 heteroatoms. The van der Waals surface area contributed by atoms with Crippen molar-refractivity contribution in [2.75, 3.05) is 39.5 Å². The minimum absolute atomic E-state index is 0.0777. The number of carbonyl (C=O) groups excluding carboxylic acids is 2. The molecule has 2 aliphatic heterocycles. The molecule has 2 fully saturated rings. The number of rotatable bonds is 4. The van der Waals surface area contributed by atoms with Gasteiger partial charge in [-0.15, -0.1) is 0 Å². The van der Waals surface area contributed by atoms with E-state index in [-0.39, 0.29) is 18.5 Å². The summed E-state index contributed by atoms with van der Waals surface area (Å²) in [5.41, 5.74) is 0.647. The Morgan fingerprint density at radius 1 is 1.00 bits per heavy atom. The fourth-order valence-corrected chi connectivity index (χ4v) is 3.92. The van der Waals surface area contributed by atoms with Gasteiger partial charge in [0.25, 0.3) is 0 Å². The molecule has 1 amide bonds. The van der Waals surface area contributed by atoms with Gasteiger partial charge in [-0.3, -0.25) is 14.5 Å². The van der Waals surface area contributed by atoms with Crippen LogP contribution in [0, 0.1) is 5.92 Å². The Morgan fingerprint density at radius 3 is 2.48 bits per heavy atom. The van der Waals surface area contributed by atoms with Crippen LogP contribution in [0.2, 0.25) is 0 Å². The van der Waals surface area contributed by atoms with Crippen molar-refractivity contribution < 1.29 is 19.1 Å². The van der Waals surface area contributed by atoms with E-state index >= 15 is 0 Å². The van der Waals surface area contributed by atoms with Crippen LogP contribution in [-0.4, -0.2) is 61.0 Å². The second kappa shape index (κ2) is 7.04. The zero-order chi connectivity index (χ0) is 17.2. The number of fused-ring (bicyclic) bond motifs is 1.